The molecule has 0 atom stereocenters. The zero-order valence-corrected chi connectivity index (χ0v) is 5.55. The van der Waals surface area contributed by atoms with Gasteiger partial charge in [-0.2, -0.15) is 0 Å². The first-order valence-corrected chi connectivity index (χ1v) is 2.73. The van der Waals surface area contributed by atoms with Crippen LogP contribution in [0.1, 0.15) is 13.3 Å². The van der Waals surface area contributed by atoms with E-state index in [-0.39, 0.29) is 0 Å². The quantitative estimate of drug-likeness (QED) is 0.574. The molecule has 0 unspecified atom stereocenters. The van der Waals surface area contributed by atoms with Crippen molar-refractivity contribution in [1.82, 2.24) is 0 Å². The van der Waals surface area contributed by atoms with Crippen molar-refractivity contribution in [3.63, 3.8) is 0 Å². The molecule has 4 heavy (non-hydrogen) atoms. The summed E-state index contributed by atoms with van der Waals surface area (Å²) in [5.41, 5.74) is 0. The first-order chi connectivity index (χ1) is 1.91. The molecule has 0 N–H and O–H groups in total. The van der Waals surface area contributed by atoms with Gasteiger partial charge < -0.3 is 0 Å². The predicted octanol–water partition coefficient (Wildman–Crippen LogP) is 0.902. The third-order valence-electron chi connectivity index (χ3n) is 0.144. The van der Waals surface area contributed by atoms with E-state index in [1.54, 1.807) is 0 Å². The summed E-state index contributed by atoms with van der Waals surface area (Å²) < 4.78 is 3.01. The van der Waals surface area contributed by atoms with Gasteiger partial charge in [-0.05, 0) is 0 Å². The van der Waals surface area contributed by atoms with Crippen molar-refractivity contribution in [2.24, 2.45) is 0 Å². The minimum absolute atomic E-state index is 1.11. The van der Waals surface area contributed by atoms with Gasteiger partial charge in [0, 0.05) is 0 Å². The molecule has 0 saturated carbocycles. The van der Waals surface area contributed by atoms with Crippen molar-refractivity contribution < 1.29 is 19.2 Å². The van der Waals surface area contributed by atoms with Gasteiger partial charge in [0.2, 0.25) is 0 Å². The third kappa shape index (κ3) is 2.47. The van der Waals surface area contributed by atoms with Gasteiger partial charge >= 0.3 is 36.7 Å². The van der Waals surface area contributed by atoms with Gasteiger partial charge in [-0.25, -0.2) is 0 Å². The van der Waals surface area contributed by atoms with E-state index in [1.165, 1.54) is 19.2 Å². The Morgan fingerprint density at radius 1 is 2.00 bits per heavy atom. The molecule has 0 fully saturated rings. The van der Waals surface area contributed by atoms with Crippen molar-refractivity contribution in [3.05, 3.63) is 0 Å². The second kappa shape index (κ2) is 3.47. The summed E-state index contributed by atoms with van der Waals surface area (Å²) in [4.78, 5) is 0. The van der Waals surface area contributed by atoms with E-state index >= 15 is 0 Å². The Kier molecular flexibility index (Phi) is 3.87. The molecule has 0 rings (SSSR count). The van der Waals surface area contributed by atoms with Crippen LogP contribution < -0.4 is 0 Å². The molecule has 0 aromatic heterocycles. The molecule has 23 valence electrons. The van der Waals surface area contributed by atoms with Crippen molar-refractivity contribution in [1.29, 1.82) is 0 Å². The topological polar surface area (TPSA) is 0 Å². The van der Waals surface area contributed by atoms with Gasteiger partial charge in [0.05, 0.1) is 0 Å². The van der Waals surface area contributed by atoms with Gasteiger partial charge in [-0.1, -0.05) is 0 Å². The van der Waals surface area contributed by atoms with E-state index in [0.717, 1.165) is 6.42 Å². The molecule has 0 aliphatic heterocycles. The standard InChI is InChI=1S/C3H5.W/c1-3-2;/h3H2,1H3;. The van der Waals surface area contributed by atoms with E-state index < -0.39 is 0 Å². The molecule has 0 aromatic carbocycles. The molecule has 0 bridgehead atoms. The summed E-state index contributed by atoms with van der Waals surface area (Å²) in [6.45, 7) is 2.09. The minimum atomic E-state index is 1.11. The average molecular weight is 225 g/mol. The molecule has 0 aliphatic rings. The van der Waals surface area contributed by atoms with Crippen LogP contribution in [-0.2, 0) is 19.2 Å². The molecule has 0 saturated heterocycles. The van der Waals surface area contributed by atoms with Crippen LogP contribution in [0.2, 0.25) is 0 Å². The molecule has 0 spiro atoms. The summed E-state index contributed by atoms with van der Waals surface area (Å²) in [6.07, 6.45) is 1.11. The molecule has 0 aromatic rings. The maximum atomic E-state index is 3.01. The third-order valence-corrected chi connectivity index (χ3v) is 1.18. The van der Waals surface area contributed by atoms with Gasteiger partial charge in [0.15, 0.2) is 0 Å². The zero-order chi connectivity index (χ0) is 3.41. The van der Waals surface area contributed by atoms with Crippen molar-refractivity contribution in [2.45, 2.75) is 13.3 Å². The van der Waals surface area contributed by atoms with Crippen molar-refractivity contribution in [3.8, 4) is 4.20 Å². The second-order valence-corrected chi connectivity index (χ2v) is 1.54. The van der Waals surface area contributed by atoms with E-state index in [0.29, 0.717) is 0 Å². The Hall–Kier alpha value is 0.468. The van der Waals surface area contributed by atoms with Gasteiger partial charge in [0.1, 0.15) is 0 Å². The molecule has 1 heteroatoms. The Bertz CT molecular complexity index is 33.0. The SMILES string of the molecule is CC[C]#[W]. The number of hydrogen-bond acceptors (Lipinski definition) is 0. The molecule has 0 nitrogen and oxygen atoms in total. The van der Waals surface area contributed by atoms with Gasteiger partial charge in [-0.3, -0.25) is 0 Å². The first kappa shape index (κ1) is 4.47. The summed E-state index contributed by atoms with van der Waals surface area (Å²) >= 11 is 1.46. The van der Waals surface area contributed by atoms with Crippen molar-refractivity contribution in [2.75, 3.05) is 0 Å². The molecule has 0 radical (unpaired) electrons. The molecular weight excluding hydrogens is 220 g/mol. The number of hydrogen-bond donors (Lipinski definition) is 0. The molecule has 0 heterocycles. The van der Waals surface area contributed by atoms with Crippen LogP contribution in [0.15, 0.2) is 0 Å². The molecule has 0 amide bonds. The Labute approximate surface area is 37.2 Å². The predicted molar refractivity (Wildman–Crippen MR) is 14.2 cm³/mol. The van der Waals surface area contributed by atoms with Gasteiger partial charge in [0.25, 0.3) is 0 Å². The normalized spacial score (nSPS) is 5.00. The van der Waals surface area contributed by atoms with Crippen LogP contribution in [0.3, 0.4) is 0 Å². The molecular formula is C3H5W. The van der Waals surface area contributed by atoms with Crippen LogP contribution in [0.25, 0.3) is 0 Å². The zero-order valence-electron chi connectivity index (χ0n) is 2.62. The fourth-order valence-corrected chi connectivity index (χ4v) is 0. The van der Waals surface area contributed by atoms with Crippen LogP contribution in [-0.4, -0.2) is 0 Å². The monoisotopic (exact) mass is 225 g/mol. The van der Waals surface area contributed by atoms with E-state index in [4.69, 9.17) is 0 Å². The average Bonchev–Trinajstić information content (AvgIpc) is 1.37. The fourth-order valence-electron chi connectivity index (χ4n) is 0. The van der Waals surface area contributed by atoms with Crippen LogP contribution in [0.4, 0.5) is 0 Å². The summed E-state index contributed by atoms with van der Waals surface area (Å²) in [5, 5.41) is 0. The maximum absolute atomic E-state index is 3.01. The second-order valence-electron chi connectivity index (χ2n) is 0.498. The summed E-state index contributed by atoms with van der Waals surface area (Å²) in [5.74, 6) is 0. The van der Waals surface area contributed by atoms with Gasteiger partial charge in [-0.15, -0.1) is 0 Å². The van der Waals surface area contributed by atoms with Crippen LogP contribution in [0, 0.1) is 4.20 Å². The summed E-state index contributed by atoms with van der Waals surface area (Å²) in [6, 6.07) is 0. The first-order valence-electron chi connectivity index (χ1n) is 1.26. The van der Waals surface area contributed by atoms with E-state index in [1.807, 2.05) is 0 Å². The van der Waals surface area contributed by atoms with E-state index in [9.17, 15) is 0 Å². The van der Waals surface area contributed by atoms with E-state index in [2.05, 4.69) is 11.1 Å². The van der Waals surface area contributed by atoms with Crippen LogP contribution >= 0.6 is 0 Å². The Morgan fingerprint density at radius 2 is 2.25 bits per heavy atom. The van der Waals surface area contributed by atoms with Crippen molar-refractivity contribution >= 4 is 0 Å². The van der Waals surface area contributed by atoms with Crippen LogP contribution in [0.5, 0.6) is 0 Å². The summed E-state index contributed by atoms with van der Waals surface area (Å²) in [7, 11) is 0. The Balaban J connectivity index is 2.43. The fraction of sp³-hybridized carbons (Fsp3) is 0.667. The number of rotatable bonds is 0. The molecule has 0 aliphatic carbocycles. The Morgan fingerprint density at radius 3 is 2.25 bits per heavy atom.